The number of hydrogen-bond donors (Lipinski definition) is 0. The summed E-state index contributed by atoms with van der Waals surface area (Å²) in [5.74, 6) is -2.78. The Morgan fingerprint density at radius 2 is 1.81 bits per heavy atom. The van der Waals surface area contributed by atoms with Crippen LogP contribution in [-0.2, 0) is 7.05 Å². The van der Waals surface area contributed by atoms with Crippen molar-refractivity contribution in [2.24, 2.45) is 7.05 Å². The quantitative estimate of drug-likeness (QED) is 0.283. The normalized spacial score (nSPS) is 15.9. The Morgan fingerprint density at radius 3 is 2.65 bits per heavy atom. The summed E-state index contributed by atoms with van der Waals surface area (Å²) in [4.78, 5) is 0. The van der Waals surface area contributed by atoms with Gasteiger partial charge in [0.2, 0.25) is 5.69 Å². The van der Waals surface area contributed by atoms with E-state index in [1.54, 1.807) is 6.07 Å². The summed E-state index contributed by atoms with van der Waals surface area (Å²) in [5, 5.41) is 2.07. The zero-order chi connectivity index (χ0) is 25.1. The van der Waals surface area contributed by atoms with Crippen molar-refractivity contribution in [3.8, 4) is 22.4 Å². The molecule has 0 amide bonds. The Bertz CT molecular complexity index is 1600. The Hall–Kier alpha value is -3.46. The second-order valence-electron chi connectivity index (χ2n) is 7.96. The van der Waals surface area contributed by atoms with Gasteiger partial charge < -0.3 is 4.42 Å². The molecule has 0 aliphatic heterocycles. The van der Waals surface area contributed by atoms with Gasteiger partial charge in [0.15, 0.2) is 6.20 Å². The second-order valence-corrected chi connectivity index (χ2v) is 7.96. The molecular formula is C28H25FNO+. The van der Waals surface area contributed by atoms with Gasteiger partial charge in [-0.05, 0) is 53.3 Å². The Labute approximate surface area is 187 Å². The van der Waals surface area contributed by atoms with Crippen LogP contribution in [-0.4, -0.2) is 0 Å². The fraction of sp³-hybridized carbons (Fsp3) is 0.179. The molecule has 0 saturated heterocycles. The molecule has 0 aliphatic rings. The van der Waals surface area contributed by atoms with E-state index in [4.69, 9.17) is 9.90 Å². The van der Waals surface area contributed by atoms with Crippen molar-refractivity contribution in [3.63, 3.8) is 0 Å². The first-order valence-electron chi connectivity index (χ1n) is 12.2. The molecule has 154 valence electrons. The highest BCUT2D eigenvalue weighted by atomic mass is 19.1. The number of pyridine rings is 1. The number of furan rings is 1. The van der Waals surface area contributed by atoms with Gasteiger partial charge in [0.1, 0.15) is 24.0 Å². The van der Waals surface area contributed by atoms with Crippen LogP contribution in [0.5, 0.6) is 0 Å². The van der Waals surface area contributed by atoms with Crippen LogP contribution < -0.4 is 4.57 Å². The van der Waals surface area contributed by atoms with Crippen molar-refractivity contribution in [1.82, 2.24) is 0 Å². The lowest BCUT2D eigenvalue weighted by molar-refractivity contribution is -0.660. The number of fused-ring (bicyclic) bond motifs is 3. The molecular weight excluding hydrogens is 385 g/mol. The van der Waals surface area contributed by atoms with Gasteiger partial charge in [-0.25, -0.2) is 8.96 Å². The van der Waals surface area contributed by atoms with Crippen molar-refractivity contribution >= 4 is 21.9 Å². The minimum Gasteiger partial charge on any atom is -0.455 e. The first-order chi connectivity index (χ1) is 16.5. The summed E-state index contributed by atoms with van der Waals surface area (Å²) < 4.78 is 54.5. The van der Waals surface area contributed by atoms with Gasteiger partial charge in [0.25, 0.3) is 0 Å². The first kappa shape index (κ1) is 15.4. The highest BCUT2D eigenvalue weighted by Crippen LogP contribution is 2.37. The Balaban J connectivity index is 1.71. The summed E-state index contributed by atoms with van der Waals surface area (Å²) >= 11 is 0. The van der Waals surface area contributed by atoms with Gasteiger partial charge in [0.05, 0.1) is 5.56 Å². The third-order valence-corrected chi connectivity index (χ3v) is 5.87. The van der Waals surface area contributed by atoms with Crippen molar-refractivity contribution in [1.29, 1.82) is 0 Å². The molecule has 0 bridgehead atoms. The largest absolute Gasteiger partial charge is 0.455 e. The van der Waals surface area contributed by atoms with E-state index in [0.717, 1.165) is 44.3 Å². The zero-order valence-corrected chi connectivity index (χ0v) is 17.7. The van der Waals surface area contributed by atoms with Crippen LogP contribution in [0.1, 0.15) is 36.3 Å². The van der Waals surface area contributed by atoms with E-state index in [2.05, 4.69) is 12.1 Å². The summed E-state index contributed by atoms with van der Waals surface area (Å²) in [7, 11) is 1.95. The fourth-order valence-corrected chi connectivity index (χ4v) is 4.20. The smallest absolute Gasteiger partial charge is 0.216 e. The maximum Gasteiger partial charge on any atom is 0.216 e. The minimum absolute atomic E-state index is 0.152. The van der Waals surface area contributed by atoms with Gasteiger partial charge in [-0.3, -0.25) is 0 Å². The number of aromatic nitrogens is 1. The van der Waals surface area contributed by atoms with E-state index in [1.807, 2.05) is 61.1 Å². The van der Waals surface area contributed by atoms with Gasteiger partial charge in [-0.15, -0.1) is 0 Å². The summed E-state index contributed by atoms with van der Waals surface area (Å²) in [5.41, 5.74) is 5.79. The molecule has 0 saturated carbocycles. The lowest BCUT2D eigenvalue weighted by Crippen LogP contribution is -2.30. The maximum absolute atomic E-state index is 14.7. The molecule has 0 N–H and O–H groups in total. The number of aryl methyl sites for hydroxylation is 2. The molecule has 1 atom stereocenters. The van der Waals surface area contributed by atoms with Gasteiger partial charge in [-0.2, -0.15) is 0 Å². The van der Waals surface area contributed by atoms with E-state index in [9.17, 15) is 4.39 Å². The molecule has 0 radical (unpaired) electrons. The van der Waals surface area contributed by atoms with E-state index in [1.165, 1.54) is 19.1 Å². The standard InChI is InChI=1S/C28H25FNO/c1-17(2)23-15-19(10-12-24(23)29)20-13-14-30(4)25(16-20)27-18(3)9-11-22-21-7-5-6-8-26(21)31-28(22)27/h5-17H,1-4H3/q+1/i1D3,17D. The Kier molecular flexibility index (Phi) is 3.64. The molecule has 2 nitrogen and oxygen atoms in total. The molecule has 3 heteroatoms. The molecule has 5 aromatic rings. The Morgan fingerprint density at radius 1 is 1.00 bits per heavy atom. The van der Waals surface area contributed by atoms with Crippen molar-refractivity contribution in [2.45, 2.75) is 26.6 Å². The van der Waals surface area contributed by atoms with Crippen molar-refractivity contribution < 1.29 is 18.9 Å². The molecule has 3 aromatic carbocycles. The van der Waals surface area contributed by atoms with Crippen molar-refractivity contribution in [2.75, 3.05) is 0 Å². The van der Waals surface area contributed by atoms with Crippen LogP contribution in [0.2, 0.25) is 0 Å². The summed E-state index contributed by atoms with van der Waals surface area (Å²) in [6.07, 6.45) is 1.91. The van der Waals surface area contributed by atoms with Crippen LogP contribution in [0.3, 0.4) is 0 Å². The lowest BCUT2D eigenvalue weighted by Gasteiger charge is -2.11. The fourth-order valence-electron chi connectivity index (χ4n) is 4.20. The molecule has 31 heavy (non-hydrogen) atoms. The lowest BCUT2D eigenvalue weighted by atomic mass is 9.95. The maximum atomic E-state index is 14.7. The van der Waals surface area contributed by atoms with E-state index in [-0.39, 0.29) is 5.56 Å². The van der Waals surface area contributed by atoms with Gasteiger partial charge in [0, 0.05) is 28.4 Å². The number of benzene rings is 3. The molecule has 1 unspecified atom stereocenters. The van der Waals surface area contributed by atoms with E-state index in [0.29, 0.717) is 5.56 Å². The molecule has 0 fully saturated rings. The highest BCUT2D eigenvalue weighted by Gasteiger charge is 2.21. The summed E-state index contributed by atoms with van der Waals surface area (Å²) in [6.45, 7) is 0.589. The number of halogens is 1. The monoisotopic (exact) mass is 414 g/mol. The topological polar surface area (TPSA) is 17.0 Å². The van der Waals surface area contributed by atoms with Gasteiger partial charge >= 0.3 is 0 Å². The van der Waals surface area contributed by atoms with Gasteiger partial charge in [-0.1, -0.05) is 50.2 Å². The molecule has 5 rings (SSSR count). The number of nitrogens with zero attached hydrogens (tertiary/aromatic N) is 1. The molecule has 2 aromatic heterocycles. The summed E-state index contributed by atoms with van der Waals surface area (Å²) in [6, 6.07) is 20.3. The first-order valence-corrected chi connectivity index (χ1v) is 10.2. The van der Waals surface area contributed by atoms with Crippen LogP contribution in [0, 0.1) is 12.7 Å². The third kappa shape index (κ3) is 3.21. The average Bonchev–Trinajstić information content (AvgIpc) is 3.18. The van der Waals surface area contributed by atoms with Crippen LogP contribution >= 0.6 is 0 Å². The van der Waals surface area contributed by atoms with Crippen LogP contribution in [0.15, 0.2) is 77.3 Å². The van der Waals surface area contributed by atoms with Crippen molar-refractivity contribution in [3.05, 3.63) is 89.9 Å². The number of hydrogen-bond acceptors (Lipinski definition) is 1. The van der Waals surface area contributed by atoms with E-state index >= 15 is 0 Å². The number of para-hydroxylation sites is 1. The number of rotatable bonds is 3. The highest BCUT2D eigenvalue weighted by molar-refractivity contribution is 6.09. The second kappa shape index (κ2) is 7.35. The SMILES string of the molecule is [2H]C([2H])([2H])C([2H])(C)c1cc(-c2cc[n+](C)c(-c3c(C)ccc4c3oc3ccccc34)c2)ccc1F. The average molecular weight is 415 g/mol. The minimum atomic E-state index is -2.67. The third-order valence-electron chi connectivity index (χ3n) is 5.87. The predicted octanol–water partition coefficient (Wildman–Crippen LogP) is 7.32. The van der Waals surface area contributed by atoms with E-state index < -0.39 is 18.6 Å². The predicted molar refractivity (Wildman–Crippen MR) is 125 cm³/mol. The van der Waals surface area contributed by atoms with Crippen LogP contribution in [0.4, 0.5) is 4.39 Å². The molecule has 0 aliphatic carbocycles. The van der Waals surface area contributed by atoms with Crippen LogP contribution in [0.25, 0.3) is 44.3 Å². The molecule has 2 heterocycles. The molecule has 0 spiro atoms. The zero-order valence-electron chi connectivity index (χ0n) is 21.7.